The topological polar surface area (TPSA) is 195 Å². The first-order valence-corrected chi connectivity index (χ1v) is 18.8. The second kappa shape index (κ2) is 17.3. The number of H-pyrrole nitrogens is 1. The number of aryl methyl sites for hydroxylation is 1. The van der Waals surface area contributed by atoms with Gasteiger partial charge in [0.15, 0.2) is 5.43 Å². The van der Waals surface area contributed by atoms with Crippen LogP contribution in [0.5, 0.6) is 5.75 Å². The Hall–Kier alpha value is -3.71. The zero-order valence-electron chi connectivity index (χ0n) is 29.8. The molecule has 0 radical (unpaired) electrons. The van der Waals surface area contributed by atoms with E-state index in [9.17, 15) is 27.6 Å². The van der Waals surface area contributed by atoms with E-state index in [0.29, 0.717) is 37.1 Å². The van der Waals surface area contributed by atoms with Crippen LogP contribution >= 0.6 is 0 Å². The fraction of sp³-hybridized carbons (Fsp3) is 0.611. The zero-order valence-corrected chi connectivity index (χ0v) is 30.7. The van der Waals surface area contributed by atoms with Crippen LogP contribution < -0.4 is 26.4 Å². The minimum atomic E-state index is -3.47. The zero-order chi connectivity index (χ0) is 36.5. The summed E-state index contributed by atoms with van der Waals surface area (Å²) in [5, 5.41) is 0.715. The minimum absolute atomic E-state index is 0.0518. The number of hydrogen-bond donors (Lipinski definition) is 4. The SMILES string of the molecule is CCCCC/C=C\C1CC1C(=O)NS(=O)(=O)C1(C)CC1.COc1ccc2c(=O)cc(C(C)C)[nH]c2c1C.NCC(=O)N1CCCC1C(N)=O. The molecule has 1 aromatic heterocycles. The highest BCUT2D eigenvalue weighted by Gasteiger charge is 2.52. The van der Waals surface area contributed by atoms with E-state index in [0.717, 1.165) is 41.8 Å². The minimum Gasteiger partial charge on any atom is -0.496 e. The van der Waals surface area contributed by atoms with E-state index in [-0.39, 0.29) is 35.6 Å². The number of pyridine rings is 1. The number of nitrogens with two attached hydrogens (primary N) is 2. The van der Waals surface area contributed by atoms with Gasteiger partial charge in [0.05, 0.1) is 23.9 Å². The molecule has 272 valence electrons. The average Bonchev–Trinajstić information content (AvgIpc) is 3.96. The highest BCUT2D eigenvalue weighted by molar-refractivity contribution is 7.91. The normalized spacial score (nSPS) is 20.7. The first-order valence-electron chi connectivity index (χ1n) is 17.3. The van der Waals surface area contributed by atoms with Crippen molar-refractivity contribution in [3.05, 3.63) is 51.8 Å². The number of nitrogens with zero attached hydrogens (tertiary/aromatic N) is 1. The molecule has 2 heterocycles. The molecule has 3 aliphatic rings. The van der Waals surface area contributed by atoms with Gasteiger partial charge in [0.1, 0.15) is 11.8 Å². The van der Waals surface area contributed by atoms with Gasteiger partial charge >= 0.3 is 0 Å². The highest BCUT2D eigenvalue weighted by Crippen LogP contribution is 2.44. The summed E-state index contributed by atoms with van der Waals surface area (Å²) >= 11 is 0. The molecule has 2 aliphatic carbocycles. The largest absolute Gasteiger partial charge is 0.496 e. The van der Waals surface area contributed by atoms with Crippen LogP contribution in [-0.4, -0.2) is 67.0 Å². The Morgan fingerprint density at radius 3 is 2.47 bits per heavy atom. The van der Waals surface area contributed by atoms with Crippen molar-refractivity contribution < 1.29 is 27.5 Å². The predicted octanol–water partition coefficient (Wildman–Crippen LogP) is 4.15. The maximum atomic E-state index is 12.0. The van der Waals surface area contributed by atoms with E-state index in [4.69, 9.17) is 16.2 Å². The van der Waals surface area contributed by atoms with Crippen molar-refractivity contribution in [2.75, 3.05) is 20.2 Å². The van der Waals surface area contributed by atoms with Crippen LogP contribution in [0.3, 0.4) is 0 Å². The van der Waals surface area contributed by atoms with Gasteiger partial charge in [-0.25, -0.2) is 8.42 Å². The molecular weight excluding hydrogens is 646 g/mol. The molecule has 2 saturated carbocycles. The van der Waals surface area contributed by atoms with E-state index >= 15 is 0 Å². The number of unbranched alkanes of at least 4 members (excludes halogenated alkanes) is 3. The number of likely N-dealkylation sites (tertiary alicyclic amines) is 1. The number of carbonyl (C=O) groups is 3. The van der Waals surface area contributed by atoms with E-state index in [1.807, 2.05) is 19.1 Å². The predicted molar refractivity (Wildman–Crippen MR) is 193 cm³/mol. The molecule has 1 saturated heterocycles. The van der Waals surface area contributed by atoms with Gasteiger partial charge in [-0.3, -0.25) is 23.9 Å². The summed E-state index contributed by atoms with van der Waals surface area (Å²) in [6, 6.07) is 4.89. The third-order valence-electron chi connectivity index (χ3n) is 9.53. The van der Waals surface area contributed by atoms with Gasteiger partial charge in [-0.05, 0) is 82.8 Å². The molecule has 0 bridgehead atoms. The molecule has 2 aromatic rings. The third kappa shape index (κ3) is 10.4. The van der Waals surface area contributed by atoms with Crippen molar-refractivity contribution in [3.63, 3.8) is 0 Å². The van der Waals surface area contributed by atoms with Gasteiger partial charge < -0.3 is 26.1 Å². The van der Waals surface area contributed by atoms with Crippen molar-refractivity contribution in [2.45, 2.75) is 109 Å². The van der Waals surface area contributed by atoms with Gasteiger partial charge in [-0.2, -0.15) is 0 Å². The van der Waals surface area contributed by atoms with E-state index in [1.54, 1.807) is 20.1 Å². The molecule has 0 spiro atoms. The Kier molecular flexibility index (Phi) is 14.0. The van der Waals surface area contributed by atoms with Crippen molar-refractivity contribution in [1.29, 1.82) is 0 Å². The Bertz CT molecular complexity index is 1680. The summed E-state index contributed by atoms with van der Waals surface area (Å²) in [5.41, 5.74) is 13.2. The van der Waals surface area contributed by atoms with Gasteiger partial charge in [0.25, 0.3) is 0 Å². The molecule has 3 unspecified atom stereocenters. The second-order valence-electron chi connectivity index (χ2n) is 13.8. The number of carbonyl (C=O) groups excluding carboxylic acids is 3. The Labute approximate surface area is 290 Å². The van der Waals surface area contributed by atoms with Gasteiger partial charge in [-0.15, -0.1) is 0 Å². The lowest BCUT2D eigenvalue weighted by Gasteiger charge is -2.20. The number of hydrogen-bond acceptors (Lipinski definition) is 8. The van der Waals surface area contributed by atoms with Gasteiger partial charge in [0.2, 0.25) is 27.7 Å². The molecule has 1 aromatic carbocycles. The molecule has 3 atom stereocenters. The molecular formula is C36H55N5O7S. The summed E-state index contributed by atoms with van der Waals surface area (Å²) in [4.78, 5) is 50.6. The average molecular weight is 702 g/mol. The first-order chi connectivity index (χ1) is 23.1. The highest BCUT2D eigenvalue weighted by atomic mass is 32.2. The molecule has 13 heteroatoms. The maximum absolute atomic E-state index is 12.0. The maximum Gasteiger partial charge on any atom is 0.240 e. The number of sulfonamides is 1. The Balaban J connectivity index is 0.000000205. The quantitative estimate of drug-likeness (QED) is 0.187. The van der Waals surface area contributed by atoms with Crippen LogP contribution in [0.25, 0.3) is 10.9 Å². The second-order valence-corrected chi connectivity index (χ2v) is 16.0. The van der Waals surface area contributed by atoms with Gasteiger partial charge in [-0.1, -0.05) is 45.8 Å². The number of nitrogens with one attached hydrogen (secondary N) is 2. The van der Waals surface area contributed by atoms with Crippen molar-refractivity contribution in [2.24, 2.45) is 23.3 Å². The number of primary amides is 1. The number of allylic oxidation sites excluding steroid dienone is 2. The van der Waals surface area contributed by atoms with Gasteiger partial charge in [0, 0.05) is 35.2 Å². The monoisotopic (exact) mass is 701 g/mol. The summed E-state index contributed by atoms with van der Waals surface area (Å²) in [6.07, 6.45) is 12.5. The summed E-state index contributed by atoms with van der Waals surface area (Å²) in [5.74, 6) is 0.243. The fourth-order valence-electron chi connectivity index (χ4n) is 5.76. The van der Waals surface area contributed by atoms with E-state index in [1.165, 1.54) is 24.2 Å². The van der Waals surface area contributed by atoms with Crippen LogP contribution in [0.15, 0.2) is 35.1 Å². The lowest BCUT2D eigenvalue weighted by molar-refractivity contribution is -0.136. The van der Waals surface area contributed by atoms with E-state index in [2.05, 4.69) is 42.6 Å². The molecule has 12 nitrogen and oxygen atoms in total. The van der Waals surface area contributed by atoms with Crippen LogP contribution in [0, 0.1) is 18.8 Å². The number of rotatable bonds is 12. The standard InChI is InChI=1S/C15H25NO3S.C14H17NO2.C7H13N3O2/c1-3-4-5-6-7-8-12-11-13(12)14(17)16-20(18,19)15(2)9-10-15;1-8(2)11-7-12(16)10-5-6-13(17-4)9(3)14(10)15-11;8-4-6(11)10-3-1-2-5(10)7(9)12/h7-8,12-13H,3-6,9-11H2,1-2H3,(H,16,17);5-8H,1-4H3,(H,15,16);5H,1-4,8H2,(H2,9,12)/b8-7-;;. The summed E-state index contributed by atoms with van der Waals surface area (Å²) < 4.78 is 30.7. The van der Waals surface area contributed by atoms with Crippen molar-refractivity contribution >= 4 is 38.6 Å². The molecule has 1 aliphatic heterocycles. The number of aromatic amines is 1. The Morgan fingerprint density at radius 1 is 1.20 bits per heavy atom. The van der Waals surface area contributed by atoms with Crippen molar-refractivity contribution in [3.8, 4) is 5.75 Å². The Morgan fingerprint density at radius 2 is 1.90 bits per heavy atom. The third-order valence-corrected chi connectivity index (χ3v) is 11.7. The number of aromatic nitrogens is 1. The number of amides is 3. The molecule has 3 fully saturated rings. The molecule has 5 rings (SSSR count). The summed E-state index contributed by atoms with van der Waals surface area (Å²) in [7, 11) is -1.83. The number of methoxy groups -OCH3 is 1. The smallest absolute Gasteiger partial charge is 0.240 e. The van der Waals surface area contributed by atoms with Crippen LogP contribution in [0.1, 0.15) is 103 Å². The van der Waals surface area contributed by atoms with Crippen LogP contribution in [0.2, 0.25) is 0 Å². The molecule has 3 amide bonds. The lowest BCUT2D eigenvalue weighted by Crippen LogP contribution is -2.45. The first kappa shape index (κ1) is 39.7. The van der Waals surface area contributed by atoms with Crippen LogP contribution in [0.4, 0.5) is 0 Å². The number of benzene rings is 1. The molecule has 6 N–H and O–H groups in total. The fourth-order valence-corrected chi connectivity index (χ4v) is 7.06. The van der Waals surface area contributed by atoms with Crippen LogP contribution in [-0.2, 0) is 24.4 Å². The van der Waals surface area contributed by atoms with Crippen molar-refractivity contribution in [1.82, 2.24) is 14.6 Å². The van der Waals surface area contributed by atoms with E-state index < -0.39 is 26.7 Å². The number of ether oxygens (including phenoxy) is 1. The summed E-state index contributed by atoms with van der Waals surface area (Å²) in [6.45, 7) is 10.5. The number of fused-ring (bicyclic) bond motifs is 1. The lowest BCUT2D eigenvalue weighted by atomic mass is 10.1. The molecule has 49 heavy (non-hydrogen) atoms.